The van der Waals surface area contributed by atoms with E-state index >= 15 is 0 Å². The predicted molar refractivity (Wildman–Crippen MR) is 39.9 cm³/mol. The van der Waals surface area contributed by atoms with E-state index in [1.165, 1.54) is 31.3 Å². The predicted octanol–water partition coefficient (Wildman–Crippen LogP) is 1.87. The third-order valence-electron chi connectivity index (χ3n) is 1.74. The zero-order valence-electron chi connectivity index (χ0n) is 5.82. The normalized spacial score (nSPS) is 19.4. The first-order chi connectivity index (χ1) is 4.43. The van der Waals surface area contributed by atoms with E-state index in [1.807, 2.05) is 0 Å². The van der Waals surface area contributed by atoms with Crippen LogP contribution < -0.4 is 5.32 Å². The molecule has 0 saturated heterocycles. The quantitative estimate of drug-likeness (QED) is 0.554. The molecule has 0 aromatic heterocycles. The second-order valence-electron chi connectivity index (χ2n) is 2.53. The lowest BCUT2D eigenvalue weighted by atomic mass is 10.00. The Labute approximate surface area is 57.1 Å². The van der Waals surface area contributed by atoms with Crippen molar-refractivity contribution >= 4 is 0 Å². The van der Waals surface area contributed by atoms with Gasteiger partial charge in [0.1, 0.15) is 0 Å². The van der Waals surface area contributed by atoms with Gasteiger partial charge < -0.3 is 5.32 Å². The molecule has 1 rings (SSSR count). The fourth-order valence-corrected chi connectivity index (χ4v) is 1.23. The van der Waals surface area contributed by atoms with Gasteiger partial charge in [-0.3, -0.25) is 0 Å². The van der Waals surface area contributed by atoms with Crippen molar-refractivity contribution in [2.24, 2.45) is 0 Å². The summed E-state index contributed by atoms with van der Waals surface area (Å²) in [7, 11) is 3.59. The van der Waals surface area contributed by atoms with Gasteiger partial charge >= 0.3 is 0 Å². The highest BCUT2D eigenvalue weighted by molar-refractivity contribution is 5.06. The molecule has 0 bridgehead atoms. The van der Waals surface area contributed by atoms with Crippen molar-refractivity contribution in [2.75, 3.05) is 6.54 Å². The van der Waals surface area contributed by atoms with Crippen LogP contribution in [-0.4, -0.2) is 6.54 Å². The van der Waals surface area contributed by atoms with E-state index in [1.54, 1.807) is 0 Å². The van der Waals surface area contributed by atoms with Gasteiger partial charge in [-0.15, -0.1) is 0 Å². The molecule has 1 N–H and O–H groups in total. The molecule has 0 atom stereocenters. The molecule has 1 heteroatoms. The fraction of sp³-hybridized carbons (Fsp3) is 0.625. The van der Waals surface area contributed by atoms with Gasteiger partial charge in [0.05, 0.1) is 0 Å². The van der Waals surface area contributed by atoms with Crippen LogP contribution in [0.4, 0.5) is 0 Å². The molecule has 1 aliphatic rings. The summed E-state index contributed by atoms with van der Waals surface area (Å²) in [6, 6.07) is 0. The Balaban J connectivity index is 2.28. The summed E-state index contributed by atoms with van der Waals surface area (Å²) < 4.78 is 0. The van der Waals surface area contributed by atoms with Crippen LogP contribution in [0.3, 0.4) is 0 Å². The van der Waals surface area contributed by atoms with Gasteiger partial charge in [0.15, 0.2) is 0 Å². The van der Waals surface area contributed by atoms with Crippen molar-refractivity contribution in [3.8, 4) is 0 Å². The van der Waals surface area contributed by atoms with Crippen molar-refractivity contribution in [1.29, 1.82) is 0 Å². The Morgan fingerprint density at radius 2 is 2.44 bits per heavy atom. The Morgan fingerprint density at radius 3 is 3.00 bits per heavy atom. The number of rotatable bonds is 2. The fourth-order valence-electron chi connectivity index (χ4n) is 1.23. The maximum Gasteiger partial charge on any atom is 0.0165 e. The van der Waals surface area contributed by atoms with Gasteiger partial charge in [0.2, 0.25) is 0 Å². The van der Waals surface area contributed by atoms with E-state index < -0.39 is 0 Å². The molecule has 0 unspecified atom stereocenters. The highest BCUT2D eigenvalue weighted by atomic mass is 14.8. The summed E-state index contributed by atoms with van der Waals surface area (Å²) in [5, 5.41) is 2.92. The Kier molecular flexibility index (Phi) is 2.78. The van der Waals surface area contributed by atoms with Crippen LogP contribution in [0.1, 0.15) is 25.7 Å². The van der Waals surface area contributed by atoms with Crippen LogP contribution in [0, 0.1) is 7.05 Å². The molecule has 0 amide bonds. The maximum atomic E-state index is 3.59. The molecular formula is C8H14N. The summed E-state index contributed by atoms with van der Waals surface area (Å²) in [6.07, 6.45) is 7.63. The van der Waals surface area contributed by atoms with Crippen LogP contribution >= 0.6 is 0 Å². The molecule has 1 radical (unpaired) electrons. The van der Waals surface area contributed by atoms with Crippen LogP contribution in [0.5, 0.6) is 0 Å². The molecule has 9 heavy (non-hydrogen) atoms. The van der Waals surface area contributed by atoms with Crippen molar-refractivity contribution < 1.29 is 0 Å². The molecule has 0 saturated carbocycles. The van der Waals surface area contributed by atoms with Gasteiger partial charge in [-0.25, -0.2) is 0 Å². The third kappa shape index (κ3) is 2.19. The first-order valence-corrected chi connectivity index (χ1v) is 3.61. The van der Waals surface area contributed by atoms with Crippen LogP contribution in [-0.2, 0) is 0 Å². The third-order valence-corrected chi connectivity index (χ3v) is 1.74. The summed E-state index contributed by atoms with van der Waals surface area (Å²) >= 11 is 0. The first-order valence-electron chi connectivity index (χ1n) is 3.61. The van der Waals surface area contributed by atoms with Gasteiger partial charge in [-0.1, -0.05) is 11.6 Å². The first kappa shape index (κ1) is 6.81. The molecule has 51 valence electrons. The van der Waals surface area contributed by atoms with Crippen LogP contribution in [0.2, 0.25) is 0 Å². The van der Waals surface area contributed by atoms with Crippen LogP contribution in [0.25, 0.3) is 0 Å². The minimum absolute atomic E-state index is 0.986. The van der Waals surface area contributed by atoms with Gasteiger partial charge in [-0.05, 0) is 25.7 Å². The summed E-state index contributed by atoms with van der Waals surface area (Å²) in [5.74, 6) is 0. The standard InChI is InChI=1S/C8H14N/c1-9-7-8-5-3-2-4-6-8/h5,9H,1-4,6-7H2. The smallest absolute Gasteiger partial charge is 0.0165 e. The molecule has 0 fully saturated rings. The number of hydrogen-bond acceptors (Lipinski definition) is 1. The van der Waals surface area contributed by atoms with E-state index in [-0.39, 0.29) is 0 Å². The molecule has 0 aromatic carbocycles. The van der Waals surface area contributed by atoms with Crippen LogP contribution in [0.15, 0.2) is 11.6 Å². The SMILES string of the molecule is [CH2]NCC1=CCCCC1. The zero-order valence-corrected chi connectivity index (χ0v) is 5.82. The van der Waals surface area contributed by atoms with E-state index in [0.717, 1.165) is 6.54 Å². The Hall–Kier alpha value is -0.300. The number of nitrogens with one attached hydrogen (secondary N) is 1. The minimum atomic E-state index is 0.986. The second-order valence-corrected chi connectivity index (χ2v) is 2.53. The average molecular weight is 124 g/mol. The molecular weight excluding hydrogens is 110 g/mol. The monoisotopic (exact) mass is 124 g/mol. The lowest BCUT2D eigenvalue weighted by molar-refractivity contribution is 0.678. The molecule has 0 spiro atoms. The Bertz CT molecular complexity index is 105. The largest absolute Gasteiger partial charge is 0.312 e. The molecule has 0 heterocycles. The highest BCUT2D eigenvalue weighted by Gasteiger charge is 2.00. The van der Waals surface area contributed by atoms with Crippen molar-refractivity contribution in [1.82, 2.24) is 5.32 Å². The molecule has 1 aliphatic carbocycles. The van der Waals surface area contributed by atoms with E-state index in [2.05, 4.69) is 18.4 Å². The van der Waals surface area contributed by atoms with E-state index in [9.17, 15) is 0 Å². The van der Waals surface area contributed by atoms with Gasteiger partial charge in [0.25, 0.3) is 0 Å². The molecule has 1 nitrogen and oxygen atoms in total. The average Bonchev–Trinajstić information content (AvgIpc) is 1.91. The van der Waals surface area contributed by atoms with Crippen molar-refractivity contribution in [2.45, 2.75) is 25.7 Å². The lowest BCUT2D eigenvalue weighted by Crippen LogP contribution is -2.09. The number of allylic oxidation sites excluding steroid dienone is 1. The summed E-state index contributed by atoms with van der Waals surface area (Å²) in [6.45, 7) is 0.986. The summed E-state index contributed by atoms with van der Waals surface area (Å²) in [4.78, 5) is 0. The lowest BCUT2D eigenvalue weighted by Gasteiger charge is -2.10. The molecule has 0 aliphatic heterocycles. The van der Waals surface area contributed by atoms with E-state index in [4.69, 9.17) is 0 Å². The summed E-state index contributed by atoms with van der Waals surface area (Å²) in [5.41, 5.74) is 1.54. The molecule has 0 aromatic rings. The van der Waals surface area contributed by atoms with Gasteiger partial charge in [0, 0.05) is 13.6 Å². The maximum absolute atomic E-state index is 3.59. The van der Waals surface area contributed by atoms with Gasteiger partial charge in [-0.2, -0.15) is 0 Å². The van der Waals surface area contributed by atoms with Crippen molar-refractivity contribution in [3.05, 3.63) is 18.7 Å². The van der Waals surface area contributed by atoms with Crippen molar-refractivity contribution in [3.63, 3.8) is 0 Å². The highest BCUT2D eigenvalue weighted by Crippen LogP contribution is 2.15. The Morgan fingerprint density at radius 1 is 1.56 bits per heavy atom. The topological polar surface area (TPSA) is 12.0 Å². The zero-order chi connectivity index (χ0) is 6.53. The number of hydrogen-bond donors (Lipinski definition) is 1. The second kappa shape index (κ2) is 3.67. The minimum Gasteiger partial charge on any atom is -0.312 e. The van der Waals surface area contributed by atoms with E-state index in [0.29, 0.717) is 0 Å².